The van der Waals surface area contributed by atoms with Crippen molar-refractivity contribution in [3.05, 3.63) is 29.8 Å². The third-order valence-corrected chi connectivity index (χ3v) is 2.88. The lowest BCUT2D eigenvalue weighted by atomic mass is 9.85. The summed E-state index contributed by atoms with van der Waals surface area (Å²) in [6.45, 7) is 0.0385. The van der Waals surface area contributed by atoms with Crippen molar-refractivity contribution < 1.29 is 9.90 Å². The SMILES string of the molecule is O=C(Nc1ccc(CO)cc1)C1CCC1. The van der Waals surface area contributed by atoms with Crippen LogP contribution in [0.1, 0.15) is 24.8 Å². The molecule has 0 unspecified atom stereocenters. The fraction of sp³-hybridized carbons (Fsp3) is 0.417. The Morgan fingerprint density at radius 3 is 2.47 bits per heavy atom. The molecule has 0 aliphatic heterocycles. The summed E-state index contributed by atoms with van der Waals surface area (Å²) in [5, 5.41) is 11.7. The van der Waals surface area contributed by atoms with Crippen LogP contribution in [0.15, 0.2) is 24.3 Å². The molecule has 1 aliphatic rings. The summed E-state index contributed by atoms with van der Waals surface area (Å²) in [4.78, 5) is 11.6. The van der Waals surface area contributed by atoms with Crippen molar-refractivity contribution in [1.82, 2.24) is 0 Å². The van der Waals surface area contributed by atoms with E-state index in [9.17, 15) is 4.79 Å². The van der Waals surface area contributed by atoms with E-state index < -0.39 is 0 Å². The molecule has 1 saturated carbocycles. The number of aliphatic hydroxyl groups is 1. The van der Waals surface area contributed by atoms with Gasteiger partial charge in [-0.1, -0.05) is 18.6 Å². The molecule has 0 saturated heterocycles. The molecule has 1 aromatic carbocycles. The van der Waals surface area contributed by atoms with Gasteiger partial charge in [-0.25, -0.2) is 0 Å². The number of hydrogen-bond donors (Lipinski definition) is 2. The third-order valence-electron chi connectivity index (χ3n) is 2.88. The van der Waals surface area contributed by atoms with Crippen molar-refractivity contribution in [2.45, 2.75) is 25.9 Å². The first-order valence-electron chi connectivity index (χ1n) is 5.30. The Morgan fingerprint density at radius 1 is 1.33 bits per heavy atom. The predicted molar refractivity (Wildman–Crippen MR) is 58.3 cm³/mol. The lowest BCUT2D eigenvalue weighted by Crippen LogP contribution is -2.27. The minimum absolute atomic E-state index is 0.0385. The van der Waals surface area contributed by atoms with Crippen LogP contribution in [-0.4, -0.2) is 11.0 Å². The molecule has 0 aromatic heterocycles. The van der Waals surface area contributed by atoms with Crippen molar-refractivity contribution in [2.24, 2.45) is 5.92 Å². The van der Waals surface area contributed by atoms with Crippen LogP contribution in [0, 0.1) is 5.92 Å². The van der Waals surface area contributed by atoms with Crippen molar-refractivity contribution in [3.8, 4) is 0 Å². The van der Waals surface area contributed by atoms with Crippen molar-refractivity contribution in [3.63, 3.8) is 0 Å². The molecular formula is C12H15NO2. The summed E-state index contributed by atoms with van der Waals surface area (Å²) in [6, 6.07) is 7.27. The van der Waals surface area contributed by atoms with Crippen LogP contribution in [0.5, 0.6) is 0 Å². The van der Waals surface area contributed by atoms with E-state index in [4.69, 9.17) is 5.11 Å². The second-order valence-electron chi connectivity index (χ2n) is 3.97. The summed E-state index contributed by atoms with van der Waals surface area (Å²) in [5.41, 5.74) is 1.67. The molecule has 15 heavy (non-hydrogen) atoms. The van der Waals surface area contributed by atoms with Gasteiger partial charge in [-0.2, -0.15) is 0 Å². The highest BCUT2D eigenvalue weighted by Gasteiger charge is 2.24. The van der Waals surface area contributed by atoms with Gasteiger partial charge < -0.3 is 10.4 Å². The maximum Gasteiger partial charge on any atom is 0.227 e. The maximum atomic E-state index is 11.6. The minimum Gasteiger partial charge on any atom is -0.392 e. The van der Waals surface area contributed by atoms with Gasteiger partial charge in [-0.3, -0.25) is 4.79 Å². The Morgan fingerprint density at radius 2 is 2.00 bits per heavy atom. The zero-order chi connectivity index (χ0) is 10.7. The van der Waals surface area contributed by atoms with E-state index in [0.29, 0.717) is 0 Å². The Balaban J connectivity index is 1.94. The van der Waals surface area contributed by atoms with Crippen LogP contribution in [0.2, 0.25) is 0 Å². The summed E-state index contributed by atoms with van der Waals surface area (Å²) in [5.74, 6) is 0.334. The smallest absolute Gasteiger partial charge is 0.227 e. The Bertz CT molecular complexity index is 341. The summed E-state index contributed by atoms with van der Waals surface area (Å²) in [6.07, 6.45) is 3.20. The van der Waals surface area contributed by atoms with Crippen LogP contribution in [0.3, 0.4) is 0 Å². The molecule has 1 aliphatic carbocycles. The molecule has 3 nitrogen and oxygen atoms in total. The normalized spacial score (nSPS) is 15.8. The van der Waals surface area contributed by atoms with Crippen molar-refractivity contribution in [1.29, 1.82) is 0 Å². The van der Waals surface area contributed by atoms with E-state index in [0.717, 1.165) is 24.1 Å². The van der Waals surface area contributed by atoms with Gasteiger partial charge in [0, 0.05) is 11.6 Å². The first-order chi connectivity index (χ1) is 7.29. The molecule has 2 N–H and O–H groups in total. The molecule has 3 heteroatoms. The van der Waals surface area contributed by atoms with E-state index in [1.54, 1.807) is 0 Å². The molecule has 0 radical (unpaired) electrons. The van der Waals surface area contributed by atoms with Crippen LogP contribution < -0.4 is 5.32 Å². The Hall–Kier alpha value is -1.35. The average molecular weight is 205 g/mol. The monoisotopic (exact) mass is 205 g/mol. The number of carbonyl (C=O) groups excluding carboxylic acids is 1. The highest BCUT2D eigenvalue weighted by Crippen LogP contribution is 2.27. The lowest BCUT2D eigenvalue weighted by Gasteiger charge is -2.24. The number of aliphatic hydroxyl groups excluding tert-OH is 1. The molecule has 2 rings (SSSR count). The highest BCUT2D eigenvalue weighted by molar-refractivity contribution is 5.92. The molecule has 0 heterocycles. The van der Waals surface area contributed by atoms with E-state index in [1.165, 1.54) is 6.42 Å². The Kier molecular flexibility index (Phi) is 3.02. The van der Waals surface area contributed by atoms with Crippen LogP contribution in [0.25, 0.3) is 0 Å². The second kappa shape index (κ2) is 4.45. The third kappa shape index (κ3) is 2.36. The quantitative estimate of drug-likeness (QED) is 0.792. The molecule has 0 spiro atoms. The lowest BCUT2D eigenvalue weighted by molar-refractivity contribution is -0.122. The Labute approximate surface area is 89.1 Å². The van der Waals surface area contributed by atoms with Gasteiger partial charge in [-0.05, 0) is 30.5 Å². The van der Waals surface area contributed by atoms with Gasteiger partial charge in [0.05, 0.1) is 6.61 Å². The largest absolute Gasteiger partial charge is 0.392 e. The zero-order valence-corrected chi connectivity index (χ0v) is 8.57. The first kappa shape index (κ1) is 10.2. The number of anilines is 1. The fourth-order valence-electron chi connectivity index (χ4n) is 1.61. The number of amides is 1. The number of nitrogens with one attached hydrogen (secondary N) is 1. The van der Waals surface area contributed by atoms with Gasteiger partial charge in [-0.15, -0.1) is 0 Å². The van der Waals surface area contributed by atoms with Gasteiger partial charge in [0.15, 0.2) is 0 Å². The predicted octanol–water partition coefficient (Wildman–Crippen LogP) is 1.92. The molecule has 0 atom stereocenters. The minimum atomic E-state index is 0.0385. The van der Waals surface area contributed by atoms with Crippen molar-refractivity contribution >= 4 is 11.6 Å². The first-order valence-corrected chi connectivity index (χ1v) is 5.30. The van der Waals surface area contributed by atoms with E-state index in [2.05, 4.69) is 5.32 Å². The van der Waals surface area contributed by atoms with Gasteiger partial charge >= 0.3 is 0 Å². The number of rotatable bonds is 3. The van der Waals surface area contributed by atoms with Gasteiger partial charge in [0.2, 0.25) is 5.91 Å². The molecule has 0 bridgehead atoms. The molecular weight excluding hydrogens is 190 g/mol. The number of carbonyl (C=O) groups is 1. The number of benzene rings is 1. The van der Waals surface area contributed by atoms with Gasteiger partial charge in [0.1, 0.15) is 0 Å². The molecule has 1 fully saturated rings. The topological polar surface area (TPSA) is 49.3 Å². The maximum absolute atomic E-state index is 11.6. The van der Waals surface area contributed by atoms with E-state index >= 15 is 0 Å². The molecule has 80 valence electrons. The standard InChI is InChI=1S/C12H15NO2/c14-8-9-4-6-11(7-5-9)13-12(15)10-2-1-3-10/h4-7,10,14H,1-3,8H2,(H,13,15). The zero-order valence-electron chi connectivity index (χ0n) is 8.57. The highest BCUT2D eigenvalue weighted by atomic mass is 16.3. The van der Waals surface area contributed by atoms with E-state index in [1.807, 2.05) is 24.3 Å². The summed E-state index contributed by atoms with van der Waals surface area (Å²) >= 11 is 0. The fourth-order valence-corrected chi connectivity index (χ4v) is 1.61. The molecule has 1 amide bonds. The van der Waals surface area contributed by atoms with Crippen molar-refractivity contribution in [2.75, 3.05) is 5.32 Å². The number of hydrogen-bond acceptors (Lipinski definition) is 2. The summed E-state index contributed by atoms with van der Waals surface area (Å²) in [7, 11) is 0. The van der Waals surface area contributed by atoms with Crippen LogP contribution >= 0.6 is 0 Å². The average Bonchev–Trinajstić information content (AvgIpc) is 2.16. The van der Waals surface area contributed by atoms with Crippen LogP contribution in [0.4, 0.5) is 5.69 Å². The van der Waals surface area contributed by atoms with Gasteiger partial charge in [0.25, 0.3) is 0 Å². The summed E-state index contributed by atoms with van der Waals surface area (Å²) < 4.78 is 0. The molecule has 1 aromatic rings. The van der Waals surface area contributed by atoms with E-state index in [-0.39, 0.29) is 18.4 Å². The second-order valence-corrected chi connectivity index (χ2v) is 3.97. The van der Waals surface area contributed by atoms with Crippen LogP contribution in [-0.2, 0) is 11.4 Å².